The standard InChI is InChI=1S/C16H23ClN2O5S/c1-5-18-15(20)11(4)24-16(21)14(10(2)3)19-25(22,23)13-8-6-7-12(17)9-13/h6-11,14,19H,5H2,1-4H3,(H,18,20)/t11-,14-/m0/s1. The second-order valence-electron chi connectivity index (χ2n) is 5.77. The molecule has 0 saturated carbocycles. The maximum Gasteiger partial charge on any atom is 0.325 e. The van der Waals surface area contributed by atoms with Crippen LogP contribution in [0.3, 0.4) is 0 Å². The number of carbonyl (C=O) groups excluding carboxylic acids is 2. The van der Waals surface area contributed by atoms with Crippen LogP contribution in [0.15, 0.2) is 29.2 Å². The van der Waals surface area contributed by atoms with E-state index in [1.54, 1.807) is 26.8 Å². The van der Waals surface area contributed by atoms with Crippen molar-refractivity contribution in [3.8, 4) is 0 Å². The summed E-state index contributed by atoms with van der Waals surface area (Å²) in [4.78, 5) is 23.9. The van der Waals surface area contributed by atoms with Gasteiger partial charge in [0, 0.05) is 11.6 Å². The molecule has 0 heterocycles. The molecule has 0 aromatic heterocycles. The summed E-state index contributed by atoms with van der Waals surface area (Å²) in [6.45, 7) is 6.90. The van der Waals surface area contributed by atoms with Crippen molar-refractivity contribution >= 4 is 33.5 Å². The first kappa shape index (κ1) is 21.4. The van der Waals surface area contributed by atoms with Gasteiger partial charge in [-0.05, 0) is 38.0 Å². The number of sulfonamides is 1. The molecule has 1 rings (SSSR count). The van der Waals surface area contributed by atoms with Crippen LogP contribution in [0.25, 0.3) is 0 Å². The average molecular weight is 391 g/mol. The van der Waals surface area contributed by atoms with Gasteiger partial charge in [-0.1, -0.05) is 31.5 Å². The van der Waals surface area contributed by atoms with E-state index in [9.17, 15) is 18.0 Å². The SMILES string of the molecule is CCNC(=O)[C@H](C)OC(=O)[C@@H](NS(=O)(=O)c1cccc(Cl)c1)C(C)C. The van der Waals surface area contributed by atoms with Gasteiger partial charge < -0.3 is 10.1 Å². The predicted octanol–water partition coefficient (Wildman–Crippen LogP) is 1.71. The number of esters is 1. The van der Waals surface area contributed by atoms with E-state index in [1.807, 2.05) is 0 Å². The van der Waals surface area contributed by atoms with Gasteiger partial charge in [-0.2, -0.15) is 4.72 Å². The predicted molar refractivity (Wildman–Crippen MR) is 94.6 cm³/mol. The number of rotatable bonds is 8. The number of likely N-dealkylation sites (N-methyl/N-ethyl adjacent to an activating group) is 1. The summed E-state index contributed by atoms with van der Waals surface area (Å²) in [6, 6.07) is 4.55. The van der Waals surface area contributed by atoms with E-state index < -0.39 is 34.0 Å². The van der Waals surface area contributed by atoms with Gasteiger partial charge in [0.2, 0.25) is 10.0 Å². The lowest BCUT2D eigenvalue weighted by Crippen LogP contribution is -2.47. The number of nitrogens with one attached hydrogen (secondary N) is 2. The molecule has 0 radical (unpaired) electrons. The molecule has 0 unspecified atom stereocenters. The maximum absolute atomic E-state index is 12.5. The van der Waals surface area contributed by atoms with Crippen LogP contribution in [-0.2, 0) is 24.3 Å². The van der Waals surface area contributed by atoms with Crippen LogP contribution >= 0.6 is 11.6 Å². The third-order valence-corrected chi connectivity index (χ3v) is 5.00. The monoisotopic (exact) mass is 390 g/mol. The van der Waals surface area contributed by atoms with Gasteiger partial charge in [0.1, 0.15) is 6.04 Å². The third-order valence-electron chi connectivity index (χ3n) is 3.32. The van der Waals surface area contributed by atoms with E-state index in [0.29, 0.717) is 6.54 Å². The van der Waals surface area contributed by atoms with Gasteiger partial charge >= 0.3 is 5.97 Å². The van der Waals surface area contributed by atoms with Crippen molar-refractivity contribution in [2.45, 2.75) is 44.7 Å². The molecule has 2 N–H and O–H groups in total. The number of halogens is 1. The lowest BCUT2D eigenvalue weighted by Gasteiger charge is -2.22. The molecule has 0 aliphatic rings. The zero-order valence-corrected chi connectivity index (χ0v) is 16.1. The summed E-state index contributed by atoms with van der Waals surface area (Å²) in [7, 11) is -3.97. The van der Waals surface area contributed by atoms with Crippen molar-refractivity contribution < 1.29 is 22.7 Å². The third kappa shape index (κ3) is 6.30. The highest BCUT2D eigenvalue weighted by molar-refractivity contribution is 7.89. The summed E-state index contributed by atoms with van der Waals surface area (Å²) in [5.41, 5.74) is 0. The van der Waals surface area contributed by atoms with Crippen LogP contribution in [0.1, 0.15) is 27.7 Å². The summed E-state index contributed by atoms with van der Waals surface area (Å²) in [5, 5.41) is 2.79. The Morgan fingerprint density at radius 2 is 1.88 bits per heavy atom. The van der Waals surface area contributed by atoms with Crippen molar-refractivity contribution in [3.05, 3.63) is 29.3 Å². The van der Waals surface area contributed by atoms with Gasteiger partial charge in [-0.25, -0.2) is 8.42 Å². The lowest BCUT2D eigenvalue weighted by molar-refractivity contribution is -0.157. The molecule has 0 bridgehead atoms. The number of benzene rings is 1. The molecule has 2 atom stereocenters. The molecule has 25 heavy (non-hydrogen) atoms. The molecular weight excluding hydrogens is 368 g/mol. The van der Waals surface area contributed by atoms with E-state index in [-0.39, 0.29) is 15.8 Å². The minimum absolute atomic E-state index is 0.0600. The molecular formula is C16H23ClN2O5S. The molecule has 7 nitrogen and oxygen atoms in total. The molecule has 1 amide bonds. The minimum atomic E-state index is -3.97. The maximum atomic E-state index is 12.5. The molecule has 0 fully saturated rings. The number of hydrogen-bond acceptors (Lipinski definition) is 5. The van der Waals surface area contributed by atoms with Crippen LogP contribution in [0, 0.1) is 5.92 Å². The van der Waals surface area contributed by atoms with Crippen molar-refractivity contribution in [1.82, 2.24) is 10.0 Å². The topological polar surface area (TPSA) is 102 Å². The van der Waals surface area contributed by atoms with E-state index in [1.165, 1.54) is 25.1 Å². The van der Waals surface area contributed by atoms with Crippen LogP contribution in [0.2, 0.25) is 5.02 Å². The van der Waals surface area contributed by atoms with Crippen LogP contribution < -0.4 is 10.0 Å². The highest BCUT2D eigenvalue weighted by Crippen LogP contribution is 2.17. The van der Waals surface area contributed by atoms with Crippen molar-refractivity contribution in [2.75, 3.05) is 6.54 Å². The van der Waals surface area contributed by atoms with Gasteiger partial charge in [0.05, 0.1) is 4.90 Å². The Morgan fingerprint density at radius 3 is 2.40 bits per heavy atom. The quantitative estimate of drug-likeness (QED) is 0.658. The van der Waals surface area contributed by atoms with Crippen LogP contribution in [-0.4, -0.2) is 39.0 Å². The Hall–Kier alpha value is -1.64. The second kappa shape index (κ2) is 9.17. The average Bonchev–Trinajstić information content (AvgIpc) is 2.52. The minimum Gasteiger partial charge on any atom is -0.451 e. The fourth-order valence-electron chi connectivity index (χ4n) is 1.94. The summed E-state index contributed by atoms with van der Waals surface area (Å²) >= 11 is 5.82. The number of ether oxygens (including phenoxy) is 1. The van der Waals surface area contributed by atoms with Gasteiger partial charge in [0.25, 0.3) is 5.91 Å². The Kier molecular flexibility index (Phi) is 7.85. The van der Waals surface area contributed by atoms with Crippen LogP contribution in [0.5, 0.6) is 0 Å². The zero-order valence-electron chi connectivity index (χ0n) is 14.6. The van der Waals surface area contributed by atoms with E-state index in [4.69, 9.17) is 16.3 Å². The molecule has 0 spiro atoms. The largest absolute Gasteiger partial charge is 0.451 e. The number of hydrogen-bond donors (Lipinski definition) is 2. The number of amides is 1. The molecule has 1 aromatic carbocycles. The smallest absolute Gasteiger partial charge is 0.325 e. The second-order valence-corrected chi connectivity index (χ2v) is 7.92. The Morgan fingerprint density at radius 1 is 1.24 bits per heavy atom. The molecule has 0 aliphatic carbocycles. The van der Waals surface area contributed by atoms with Gasteiger partial charge in [-0.15, -0.1) is 0 Å². The van der Waals surface area contributed by atoms with E-state index in [0.717, 1.165) is 0 Å². The Bertz CT molecular complexity index is 721. The lowest BCUT2D eigenvalue weighted by atomic mass is 10.1. The summed E-state index contributed by atoms with van der Waals surface area (Å²) in [5.74, 6) is -1.65. The molecule has 0 saturated heterocycles. The van der Waals surface area contributed by atoms with E-state index in [2.05, 4.69) is 10.0 Å². The highest BCUT2D eigenvalue weighted by atomic mass is 35.5. The van der Waals surface area contributed by atoms with Crippen LogP contribution in [0.4, 0.5) is 0 Å². The zero-order chi connectivity index (χ0) is 19.2. The van der Waals surface area contributed by atoms with E-state index >= 15 is 0 Å². The van der Waals surface area contributed by atoms with Crippen molar-refractivity contribution in [2.24, 2.45) is 5.92 Å². The fourth-order valence-corrected chi connectivity index (χ4v) is 3.58. The first-order chi connectivity index (χ1) is 11.6. The molecule has 140 valence electrons. The molecule has 9 heteroatoms. The van der Waals surface area contributed by atoms with Crippen molar-refractivity contribution in [3.63, 3.8) is 0 Å². The molecule has 0 aliphatic heterocycles. The van der Waals surface area contributed by atoms with Gasteiger partial charge in [-0.3, -0.25) is 9.59 Å². The first-order valence-corrected chi connectivity index (χ1v) is 9.70. The van der Waals surface area contributed by atoms with Crippen molar-refractivity contribution in [1.29, 1.82) is 0 Å². The summed E-state index contributed by atoms with van der Waals surface area (Å²) < 4.78 is 32.3. The first-order valence-electron chi connectivity index (χ1n) is 7.84. The highest BCUT2D eigenvalue weighted by Gasteiger charge is 2.31. The number of carbonyl (C=O) groups is 2. The molecule has 1 aromatic rings. The Labute approximate surface area is 153 Å². The summed E-state index contributed by atoms with van der Waals surface area (Å²) in [6.07, 6.45) is -1.02. The van der Waals surface area contributed by atoms with Gasteiger partial charge in [0.15, 0.2) is 6.10 Å². The fraction of sp³-hybridized carbons (Fsp3) is 0.500. The Balaban J connectivity index is 2.93. The normalized spacial score (nSPS) is 14.0.